The Bertz CT molecular complexity index is 104. The highest BCUT2D eigenvalue weighted by Gasteiger charge is 1.99. The molecule has 2 N–H and O–H groups in total. The van der Waals surface area contributed by atoms with Gasteiger partial charge >= 0.3 is 5.97 Å². The van der Waals surface area contributed by atoms with Gasteiger partial charge in [0.05, 0.1) is 6.54 Å². The van der Waals surface area contributed by atoms with Crippen LogP contribution in [0.1, 0.15) is 20.3 Å². The van der Waals surface area contributed by atoms with Gasteiger partial charge in [-0.05, 0) is 12.5 Å². The Labute approximate surface area is 61.4 Å². The maximum Gasteiger partial charge on any atom is 0.317 e. The summed E-state index contributed by atoms with van der Waals surface area (Å²) >= 11 is 0. The number of hydrogen-bond acceptors (Lipinski definition) is 2. The first-order valence-electron chi connectivity index (χ1n) is 3.59. The summed E-state index contributed by atoms with van der Waals surface area (Å²) in [6.07, 6.45) is 1.09. The van der Waals surface area contributed by atoms with E-state index < -0.39 is 5.97 Å². The Morgan fingerprint density at radius 1 is 1.70 bits per heavy atom. The molecule has 0 unspecified atom stereocenters. The summed E-state index contributed by atoms with van der Waals surface area (Å²) in [6.45, 7) is 5.05. The molecule has 0 bridgehead atoms. The van der Waals surface area contributed by atoms with Crippen molar-refractivity contribution in [3.63, 3.8) is 0 Å². The minimum absolute atomic E-state index is 0.0737. The lowest BCUT2D eigenvalue weighted by atomic mass is 10.1. The fraction of sp³-hybridized carbons (Fsp3) is 0.857. The molecule has 0 spiro atoms. The van der Waals surface area contributed by atoms with Crippen molar-refractivity contribution < 1.29 is 9.90 Å². The Morgan fingerprint density at radius 3 is 2.70 bits per heavy atom. The number of carboxylic acids is 1. The topological polar surface area (TPSA) is 49.3 Å². The van der Waals surface area contributed by atoms with E-state index in [-0.39, 0.29) is 6.54 Å². The van der Waals surface area contributed by atoms with E-state index in [9.17, 15) is 4.79 Å². The van der Waals surface area contributed by atoms with E-state index in [0.29, 0.717) is 5.92 Å². The maximum absolute atomic E-state index is 10.0. The van der Waals surface area contributed by atoms with Gasteiger partial charge in [0.1, 0.15) is 0 Å². The maximum atomic E-state index is 10.0. The van der Waals surface area contributed by atoms with Gasteiger partial charge in [-0.25, -0.2) is 0 Å². The average Bonchev–Trinajstić information content (AvgIpc) is 1.87. The van der Waals surface area contributed by atoms with E-state index >= 15 is 0 Å². The van der Waals surface area contributed by atoms with Gasteiger partial charge < -0.3 is 10.4 Å². The molecule has 0 saturated carbocycles. The molecule has 0 aromatic carbocycles. The Kier molecular flexibility index (Phi) is 4.94. The zero-order valence-corrected chi connectivity index (χ0v) is 6.55. The predicted molar refractivity (Wildman–Crippen MR) is 40.0 cm³/mol. The van der Waals surface area contributed by atoms with Crippen LogP contribution in [0, 0.1) is 5.92 Å². The van der Waals surface area contributed by atoms with Crippen LogP contribution in [0.25, 0.3) is 0 Å². The Balaban J connectivity index is 3.11. The van der Waals surface area contributed by atoms with Crippen molar-refractivity contribution >= 4 is 5.97 Å². The van der Waals surface area contributed by atoms with E-state index in [2.05, 4.69) is 19.2 Å². The van der Waals surface area contributed by atoms with Crippen LogP contribution in [0.4, 0.5) is 0 Å². The van der Waals surface area contributed by atoms with E-state index in [0.717, 1.165) is 13.0 Å². The normalized spacial score (nSPS) is 13.0. The molecule has 0 rings (SSSR count). The molecule has 0 radical (unpaired) electrons. The molecule has 0 aliphatic carbocycles. The average molecular weight is 145 g/mol. The van der Waals surface area contributed by atoms with Gasteiger partial charge in [-0.2, -0.15) is 0 Å². The zero-order chi connectivity index (χ0) is 7.98. The summed E-state index contributed by atoms with van der Waals surface area (Å²) in [6, 6.07) is 0. The number of aliphatic carboxylic acids is 1. The van der Waals surface area contributed by atoms with Gasteiger partial charge in [0, 0.05) is 0 Å². The largest absolute Gasteiger partial charge is 0.480 e. The van der Waals surface area contributed by atoms with Crippen LogP contribution in [0.2, 0.25) is 0 Å². The Hall–Kier alpha value is -0.570. The summed E-state index contributed by atoms with van der Waals surface area (Å²) in [5, 5.41) is 11.1. The summed E-state index contributed by atoms with van der Waals surface area (Å²) in [5.74, 6) is -0.220. The molecule has 0 fully saturated rings. The third-order valence-corrected chi connectivity index (χ3v) is 1.47. The van der Waals surface area contributed by atoms with Gasteiger partial charge in [0.2, 0.25) is 0 Å². The SMILES string of the molecule is CC[C@H](C)CNCC(=O)O. The van der Waals surface area contributed by atoms with Crippen LogP contribution >= 0.6 is 0 Å². The van der Waals surface area contributed by atoms with Crippen LogP contribution in [-0.4, -0.2) is 24.2 Å². The Morgan fingerprint density at radius 2 is 2.30 bits per heavy atom. The molecule has 0 amide bonds. The van der Waals surface area contributed by atoms with E-state index in [1.807, 2.05) is 0 Å². The molecule has 0 aliphatic rings. The smallest absolute Gasteiger partial charge is 0.317 e. The molecule has 0 saturated heterocycles. The van der Waals surface area contributed by atoms with E-state index in [1.165, 1.54) is 0 Å². The fourth-order valence-electron chi connectivity index (χ4n) is 0.570. The van der Waals surface area contributed by atoms with Crippen molar-refractivity contribution in [2.24, 2.45) is 5.92 Å². The van der Waals surface area contributed by atoms with Gasteiger partial charge in [-0.3, -0.25) is 4.79 Å². The summed E-state index contributed by atoms with van der Waals surface area (Å²) in [4.78, 5) is 10.0. The number of hydrogen-bond donors (Lipinski definition) is 2. The lowest BCUT2D eigenvalue weighted by Gasteiger charge is -2.07. The van der Waals surface area contributed by atoms with E-state index in [1.54, 1.807) is 0 Å². The van der Waals surface area contributed by atoms with E-state index in [4.69, 9.17) is 5.11 Å². The quantitative estimate of drug-likeness (QED) is 0.599. The highest BCUT2D eigenvalue weighted by atomic mass is 16.4. The fourth-order valence-corrected chi connectivity index (χ4v) is 0.570. The highest BCUT2D eigenvalue weighted by Crippen LogP contribution is 1.96. The van der Waals surface area contributed by atoms with Crippen LogP contribution < -0.4 is 5.32 Å². The van der Waals surface area contributed by atoms with Crippen LogP contribution in [0.5, 0.6) is 0 Å². The van der Waals surface area contributed by atoms with Crippen LogP contribution in [0.3, 0.4) is 0 Å². The molecule has 3 heteroatoms. The van der Waals surface area contributed by atoms with Crippen LogP contribution in [-0.2, 0) is 4.79 Å². The number of rotatable bonds is 5. The molecular formula is C7H15NO2. The summed E-state index contributed by atoms with van der Waals surface area (Å²) < 4.78 is 0. The van der Waals surface area contributed by atoms with Gasteiger partial charge in [-0.15, -0.1) is 0 Å². The van der Waals surface area contributed by atoms with Crippen LogP contribution in [0.15, 0.2) is 0 Å². The molecule has 0 aliphatic heterocycles. The van der Waals surface area contributed by atoms with Crippen molar-refractivity contribution in [1.82, 2.24) is 5.32 Å². The molecular weight excluding hydrogens is 130 g/mol. The lowest BCUT2D eigenvalue weighted by Crippen LogP contribution is -2.26. The molecule has 10 heavy (non-hydrogen) atoms. The first kappa shape index (κ1) is 9.43. The second kappa shape index (κ2) is 5.23. The summed E-state index contributed by atoms with van der Waals surface area (Å²) in [5.41, 5.74) is 0. The molecule has 0 heterocycles. The monoisotopic (exact) mass is 145 g/mol. The minimum atomic E-state index is -0.789. The van der Waals surface area contributed by atoms with Crippen molar-refractivity contribution in [2.45, 2.75) is 20.3 Å². The highest BCUT2D eigenvalue weighted by molar-refractivity contribution is 5.68. The first-order chi connectivity index (χ1) is 4.66. The standard InChI is InChI=1S/C7H15NO2/c1-3-6(2)4-8-5-7(9)10/h6,8H,3-5H2,1-2H3,(H,9,10)/t6-/m0/s1. The lowest BCUT2D eigenvalue weighted by molar-refractivity contribution is -0.135. The molecule has 3 nitrogen and oxygen atoms in total. The molecule has 1 atom stereocenters. The molecule has 0 aromatic rings. The third-order valence-electron chi connectivity index (χ3n) is 1.47. The molecule has 60 valence electrons. The summed E-state index contributed by atoms with van der Waals surface area (Å²) in [7, 11) is 0. The number of carbonyl (C=O) groups is 1. The van der Waals surface area contributed by atoms with Crippen molar-refractivity contribution in [2.75, 3.05) is 13.1 Å². The third kappa shape index (κ3) is 5.56. The minimum Gasteiger partial charge on any atom is -0.480 e. The van der Waals surface area contributed by atoms with Crippen molar-refractivity contribution in [3.05, 3.63) is 0 Å². The van der Waals surface area contributed by atoms with Gasteiger partial charge in [0.15, 0.2) is 0 Å². The number of carboxylic acid groups (broad SMARTS) is 1. The van der Waals surface area contributed by atoms with Gasteiger partial charge in [0.25, 0.3) is 0 Å². The van der Waals surface area contributed by atoms with Crippen molar-refractivity contribution in [3.8, 4) is 0 Å². The zero-order valence-electron chi connectivity index (χ0n) is 6.55. The number of nitrogens with one attached hydrogen (secondary N) is 1. The molecule has 0 aromatic heterocycles. The second-order valence-corrected chi connectivity index (χ2v) is 2.54. The first-order valence-corrected chi connectivity index (χ1v) is 3.59. The second-order valence-electron chi connectivity index (χ2n) is 2.54. The van der Waals surface area contributed by atoms with Crippen molar-refractivity contribution in [1.29, 1.82) is 0 Å². The predicted octanol–water partition coefficient (Wildman–Crippen LogP) is 0.707. The van der Waals surface area contributed by atoms with Gasteiger partial charge in [-0.1, -0.05) is 20.3 Å².